The van der Waals surface area contributed by atoms with Crippen molar-refractivity contribution >= 4 is 21.6 Å². The largest absolute Gasteiger partial charge is 0.481 e. The third-order valence-corrected chi connectivity index (χ3v) is 2.27. The predicted molar refractivity (Wildman–Crippen MR) is 47.9 cm³/mol. The maximum absolute atomic E-state index is 12.3. The minimum atomic E-state index is -2.67. The molecule has 0 aliphatic carbocycles. The number of rotatable bonds is 2. The quantitative estimate of drug-likeness (QED) is 0.880. The lowest BCUT2D eigenvalue weighted by atomic mass is 10.3. The van der Waals surface area contributed by atoms with Crippen LogP contribution in [0.15, 0.2) is 10.5 Å². The molecule has 0 radical (unpaired) electrons. The maximum atomic E-state index is 12.3. The SMILES string of the molecule is COc1cc(N)c(Br)c(C(F)F)n1. The van der Waals surface area contributed by atoms with Gasteiger partial charge >= 0.3 is 0 Å². The van der Waals surface area contributed by atoms with Gasteiger partial charge in [-0.15, -0.1) is 0 Å². The van der Waals surface area contributed by atoms with Crippen molar-refractivity contribution in [2.24, 2.45) is 0 Å². The van der Waals surface area contributed by atoms with E-state index in [2.05, 4.69) is 20.9 Å². The average Bonchev–Trinajstić information content (AvgIpc) is 2.09. The number of alkyl halides is 2. The van der Waals surface area contributed by atoms with E-state index in [-0.39, 0.29) is 16.0 Å². The van der Waals surface area contributed by atoms with Crippen LogP contribution in [0.4, 0.5) is 14.5 Å². The summed E-state index contributed by atoms with van der Waals surface area (Å²) in [4.78, 5) is 3.55. The van der Waals surface area contributed by atoms with E-state index in [1.54, 1.807) is 0 Å². The standard InChI is InChI=1S/C7H7BrF2N2O/c1-13-4-2-3(11)5(8)6(12-4)7(9)10/h2,7H,1H3,(H2,11,12). The first-order valence-electron chi connectivity index (χ1n) is 3.34. The lowest BCUT2D eigenvalue weighted by Crippen LogP contribution is -1.99. The first kappa shape index (κ1) is 10.2. The van der Waals surface area contributed by atoms with Gasteiger partial charge in [-0.1, -0.05) is 0 Å². The maximum Gasteiger partial charge on any atom is 0.281 e. The molecule has 1 rings (SSSR count). The molecule has 0 bridgehead atoms. The highest BCUT2D eigenvalue weighted by molar-refractivity contribution is 9.10. The van der Waals surface area contributed by atoms with Crippen LogP contribution in [-0.2, 0) is 0 Å². The molecular weight excluding hydrogens is 246 g/mol. The fraction of sp³-hybridized carbons (Fsp3) is 0.286. The smallest absolute Gasteiger partial charge is 0.281 e. The molecule has 1 aromatic rings. The Morgan fingerprint density at radius 1 is 1.62 bits per heavy atom. The van der Waals surface area contributed by atoms with E-state index in [1.165, 1.54) is 13.2 Å². The number of nitrogens with two attached hydrogens (primary N) is 1. The normalized spacial score (nSPS) is 10.5. The Balaban J connectivity index is 3.25. The number of nitrogens with zero attached hydrogens (tertiary/aromatic N) is 1. The van der Waals surface area contributed by atoms with E-state index in [0.29, 0.717) is 0 Å². The highest BCUT2D eigenvalue weighted by Gasteiger charge is 2.17. The summed E-state index contributed by atoms with van der Waals surface area (Å²) in [6, 6.07) is 1.37. The Bertz CT molecular complexity index is 320. The first-order chi connectivity index (χ1) is 6.06. The van der Waals surface area contributed by atoms with Crippen LogP contribution in [0.3, 0.4) is 0 Å². The number of aromatic nitrogens is 1. The monoisotopic (exact) mass is 252 g/mol. The number of hydrogen-bond acceptors (Lipinski definition) is 3. The van der Waals surface area contributed by atoms with Crippen LogP contribution in [0.2, 0.25) is 0 Å². The number of hydrogen-bond donors (Lipinski definition) is 1. The molecule has 13 heavy (non-hydrogen) atoms. The third-order valence-electron chi connectivity index (χ3n) is 1.40. The van der Waals surface area contributed by atoms with Crippen molar-refractivity contribution in [2.75, 3.05) is 12.8 Å². The summed E-state index contributed by atoms with van der Waals surface area (Å²) in [7, 11) is 1.34. The van der Waals surface area contributed by atoms with Crippen LogP contribution >= 0.6 is 15.9 Å². The molecule has 0 aromatic carbocycles. The summed E-state index contributed by atoms with van der Waals surface area (Å²) in [5.74, 6) is 0.0796. The van der Waals surface area contributed by atoms with Crippen molar-refractivity contribution in [1.82, 2.24) is 4.98 Å². The molecule has 0 atom stereocenters. The fourth-order valence-corrected chi connectivity index (χ4v) is 1.17. The lowest BCUT2D eigenvalue weighted by Gasteiger charge is -2.07. The molecule has 1 heterocycles. The second-order valence-corrected chi connectivity index (χ2v) is 3.05. The van der Waals surface area contributed by atoms with Crippen molar-refractivity contribution in [3.63, 3.8) is 0 Å². The molecule has 3 nitrogen and oxygen atoms in total. The minimum absolute atomic E-state index is 0.0796. The zero-order chi connectivity index (χ0) is 10.0. The van der Waals surface area contributed by atoms with E-state index in [0.717, 1.165) is 0 Å². The lowest BCUT2D eigenvalue weighted by molar-refractivity contribution is 0.144. The van der Waals surface area contributed by atoms with Crippen molar-refractivity contribution in [2.45, 2.75) is 6.43 Å². The van der Waals surface area contributed by atoms with Gasteiger partial charge in [0.2, 0.25) is 5.88 Å². The average molecular weight is 253 g/mol. The molecule has 0 aliphatic heterocycles. The molecule has 0 saturated heterocycles. The highest BCUT2D eigenvalue weighted by Crippen LogP contribution is 2.32. The Labute approximate surface area is 82.0 Å². The topological polar surface area (TPSA) is 48.1 Å². The van der Waals surface area contributed by atoms with Gasteiger partial charge in [-0.25, -0.2) is 13.8 Å². The van der Waals surface area contributed by atoms with Crippen LogP contribution in [0, 0.1) is 0 Å². The summed E-state index contributed by atoms with van der Waals surface area (Å²) in [5.41, 5.74) is 5.21. The first-order valence-corrected chi connectivity index (χ1v) is 4.13. The van der Waals surface area contributed by atoms with Crippen molar-refractivity contribution < 1.29 is 13.5 Å². The molecule has 2 N–H and O–H groups in total. The van der Waals surface area contributed by atoms with E-state index in [1.807, 2.05) is 0 Å². The zero-order valence-corrected chi connectivity index (χ0v) is 8.31. The van der Waals surface area contributed by atoms with E-state index in [9.17, 15) is 8.78 Å². The number of ether oxygens (including phenoxy) is 1. The van der Waals surface area contributed by atoms with Gasteiger partial charge in [0.25, 0.3) is 6.43 Å². The van der Waals surface area contributed by atoms with Crippen LogP contribution in [0.5, 0.6) is 5.88 Å². The number of anilines is 1. The summed E-state index contributed by atoms with van der Waals surface area (Å²) >= 11 is 2.92. The molecule has 72 valence electrons. The summed E-state index contributed by atoms with van der Waals surface area (Å²) in [6.45, 7) is 0. The van der Waals surface area contributed by atoms with Gasteiger partial charge in [-0.2, -0.15) is 0 Å². The number of methoxy groups -OCH3 is 1. The number of halogens is 3. The van der Waals surface area contributed by atoms with Crippen LogP contribution in [-0.4, -0.2) is 12.1 Å². The molecular formula is C7H7BrF2N2O. The van der Waals surface area contributed by atoms with Gasteiger partial charge in [0, 0.05) is 6.07 Å². The molecule has 0 amide bonds. The predicted octanol–water partition coefficient (Wildman–Crippen LogP) is 2.37. The van der Waals surface area contributed by atoms with Gasteiger partial charge in [0.1, 0.15) is 5.69 Å². The number of pyridine rings is 1. The van der Waals surface area contributed by atoms with Gasteiger partial charge in [-0.05, 0) is 15.9 Å². The second-order valence-electron chi connectivity index (χ2n) is 2.25. The molecule has 1 aromatic heterocycles. The second kappa shape index (κ2) is 3.87. The Hall–Kier alpha value is -0.910. The van der Waals surface area contributed by atoms with E-state index in [4.69, 9.17) is 10.5 Å². The molecule has 0 saturated carbocycles. The summed E-state index contributed by atoms with van der Waals surface area (Å²) < 4.78 is 29.5. The van der Waals surface area contributed by atoms with Gasteiger partial charge < -0.3 is 10.5 Å². The van der Waals surface area contributed by atoms with Gasteiger partial charge in [-0.3, -0.25) is 0 Å². The van der Waals surface area contributed by atoms with Gasteiger partial charge in [0.15, 0.2) is 0 Å². The Morgan fingerprint density at radius 3 is 2.69 bits per heavy atom. The third kappa shape index (κ3) is 2.06. The summed E-state index contributed by atoms with van der Waals surface area (Å²) in [6.07, 6.45) is -2.67. The number of nitrogen functional groups attached to an aromatic ring is 1. The van der Waals surface area contributed by atoms with Crippen LogP contribution in [0.1, 0.15) is 12.1 Å². The molecule has 0 fully saturated rings. The highest BCUT2D eigenvalue weighted by atomic mass is 79.9. The molecule has 0 aliphatic rings. The van der Waals surface area contributed by atoms with Crippen LogP contribution in [0.25, 0.3) is 0 Å². The van der Waals surface area contributed by atoms with Gasteiger partial charge in [0.05, 0.1) is 17.3 Å². The van der Waals surface area contributed by atoms with E-state index < -0.39 is 12.1 Å². The molecule has 0 spiro atoms. The Kier molecular flexibility index (Phi) is 3.02. The van der Waals surface area contributed by atoms with Crippen molar-refractivity contribution in [3.05, 3.63) is 16.2 Å². The van der Waals surface area contributed by atoms with Crippen molar-refractivity contribution in [1.29, 1.82) is 0 Å². The van der Waals surface area contributed by atoms with Crippen LogP contribution < -0.4 is 10.5 Å². The molecule has 0 unspecified atom stereocenters. The molecule has 6 heteroatoms. The summed E-state index contributed by atoms with van der Waals surface area (Å²) in [5, 5.41) is 0. The van der Waals surface area contributed by atoms with Crippen molar-refractivity contribution in [3.8, 4) is 5.88 Å². The minimum Gasteiger partial charge on any atom is -0.481 e. The fourth-order valence-electron chi connectivity index (χ4n) is 0.794. The van der Waals surface area contributed by atoms with E-state index >= 15 is 0 Å². The Morgan fingerprint density at radius 2 is 2.23 bits per heavy atom. The zero-order valence-electron chi connectivity index (χ0n) is 6.72.